The largest absolute Gasteiger partial charge is 0.495 e. The van der Waals surface area contributed by atoms with Gasteiger partial charge in [0.15, 0.2) is 0 Å². The first-order chi connectivity index (χ1) is 10.0. The normalized spacial score (nSPS) is 9.76. The van der Waals surface area contributed by atoms with E-state index < -0.39 is 0 Å². The summed E-state index contributed by atoms with van der Waals surface area (Å²) in [5, 5.41) is 11.8. The van der Waals surface area contributed by atoms with Gasteiger partial charge in [-0.2, -0.15) is 5.26 Å². The van der Waals surface area contributed by atoms with Gasteiger partial charge in [-0.05, 0) is 30.3 Å². The molecule has 0 aromatic heterocycles. The molecule has 0 aliphatic carbocycles. The van der Waals surface area contributed by atoms with Crippen molar-refractivity contribution in [3.05, 3.63) is 52.5 Å². The fourth-order valence-corrected chi connectivity index (χ4v) is 2.04. The first-order valence-electron chi connectivity index (χ1n) is 5.99. The van der Waals surface area contributed by atoms with Crippen LogP contribution in [0.4, 0.5) is 11.4 Å². The van der Waals surface area contributed by atoms with Gasteiger partial charge in [0.25, 0.3) is 5.91 Å². The zero-order valence-electron chi connectivity index (χ0n) is 11.2. The number of hydrogen-bond acceptors (Lipinski definition) is 4. The second kappa shape index (κ2) is 6.16. The number of benzene rings is 2. The molecular weight excluding hydrogens is 290 g/mol. The van der Waals surface area contributed by atoms with Crippen molar-refractivity contribution in [2.24, 2.45) is 0 Å². The predicted octanol–water partition coefficient (Wildman–Crippen LogP) is 3.05. The molecule has 3 N–H and O–H groups in total. The number of methoxy groups -OCH3 is 1. The molecule has 0 atom stereocenters. The predicted molar refractivity (Wildman–Crippen MR) is 81.5 cm³/mol. The monoisotopic (exact) mass is 301 g/mol. The highest BCUT2D eigenvalue weighted by Crippen LogP contribution is 2.27. The van der Waals surface area contributed by atoms with Gasteiger partial charge in [-0.25, -0.2) is 0 Å². The summed E-state index contributed by atoms with van der Waals surface area (Å²) >= 11 is 6.00. The van der Waals surface area contributed by atoms with Crippen LogP contribution in [-0.4, -0.2) is 13.0 Å². The minimum atomic E-state index is -0.386. The molecule has 0 spiro atoms. The van der Waals surface area contributed by atoms with Gasteiger partial charge < -0.3 is 15.8 Å². The Morgan fingerprint density at radius 3 is 2.71 bits per heavy atom. The van der Waals surface area contributed by atoms with Crippen LogP contribution in [0.1, 0.15) is 15.9 Å². The Balaban J connectivity index is 2.29. The average molecular weight is 302 g/mol. The number of ether oxygens (including phenoxy) is 1. The summed E-state index contributed by atoms with van der Waals surface area (Å²) in [7, 11) is 1.46. The highest BCUT2D eigenvalue weighted by molar-refractivity contribution is 6.34. The van der Waals surface area contributed by atoms with Crippen LogP contribution in [0, 0.1) is 11.3 Å². The molecule has 0 unspecified atom stereocenters. The molecule has 0 aliphatic heterocycles. The summed E-state index contributed by atoms with van der Waals surface area (Å²) < 4.78 is 5.16. The van der Waals surface area contributed by atoms with E-state index in [1.165, 1.54) is 13.2 Å². The summed E-state index contributed by atoms with van der Waals surface area (Å²) in [6.07, 6.45) is 0. The molecule has 0 heterocycles. The molecule has 6 heteroatoms. The number of nitrogens with two attached hydrogens (primary N) is 1. The van der Waals surface area contributed by atoms with Crippen LogP contribution >= 0.6 is 11.6 Å². The number of nitrogens with zero attached hydrogens (tertiary/aromatic N) is 1. The molecule has 5 nitrogen and oxygen atoms in total. The number of hydrogen-bond donors (Lipinski definition) is 2. The summed E-state index contributed by atoms with van der Waals surface area (Å²) in [6.45, 7) is 0. The van der Waals surface area contributed by atoms with E-state index in [0.29, 0.717) is 28.3 Å². The quantitative estimate of drug-likeness (QED) is 0.853. The van der Waals surface area contributed by atoms with E-state index in [2.05, 4.69) is 5.32 Å². The maximum atomic E-state index is 12.2. The third kappa shape index (κ3) is 3.25. The Morgan fingerprint density at radius 2 is 2.10 bits per heavy atom. The van der Waals surface area contributed by atoms with E-state index in [4.69, 9.17) is 27.3 Å². The van der Waals surface area contributed by atoms with Crippen LogP contribution in [0.5, 0.6) is 5.75 Å². The van der Waals surface area contributed by atoms with Gasteiger partial charge in [-0.3, -0.25) is 4.79 Å². The molecule has 0 fully saturated rings. The van der Waals surface area contributed by atoms with Crippen LogP contribution in [0.15, 0.2) is 36.4 Å². The summed E-state index contributed by atoms with van der Waals surface area (Å²) in [6, 6.07) is 11.4. The number of nitrogens with one attached hydrogen (secondary N) is 1. The number of nitrogen functional groups attached to an aromatic ring is 1. The number of anilines is 2. The minimum absolute atomic E-state index is 0.264. The number of halogens is 1. The molecule has 0 saturated heterocycles. The Hall–Kier alpha value is -2.71. The van der Waals surface area contributed by atoms with Gasteiger partial charge in [-0.1, -0.05) is 11.6 Å². The van der Waals surface area contributed by atoms with Crippen molar-refractivity contribution in [2.45, 2.75) is 0 Å². The molecule has 0 radical (unpaired) electrons. The van der Waals surface area contributed by atoms with Crippen LogP contribution < -0.4 is 15.8 Å². The third-order valence-corrected chi connectivity index (χ3v) is 3.13. The first-order valence-corrected chi connectivity index (χ1v) is 6.37. The van der Waals surface area contributed by atoms with Gasteiger partial charge in [0.2, 0.25) is 0 Å². The lowest BCUT2D eigenvalue weighted by Crippen LogP contribution is -2.13. The Labute approximate surface area is 126 Å². The van der Waals surface area contributed by atoms with E-state index in [1.54, 1.807) is 30.3 Å². The van der Waals surface area contributed by atoms with Crippen LogP contribution in [0.3, 0.4) is 0 Å². The van der Waals surface area contributed by atoms with Crippen molar-refractivity contribution in [1.29, 1.82) is 5.26 Å². The second-order valence-corrected chi connectivity index (χ2v) is 4.63. The van der Waals surface area contributed by atoms with Gasteiger partial charge >= 0.3 is 0 Å². The molecule has 21 heavy (non-hydrogen) atoms. The standard InChI is InChI=1S/C15H12ClN3O2/c1-21-14-6-9(8-17)2-5-13(14)19-15(20)11-4-3-10(18)7-12(11)16/h2-7H,18H2,1H3,(H,19,20). The van der Waals surface area contributed by atoms with Crippen LogP contribution in [0.25, 0.3) is 0 Å². The van der Waals surface area contributed by atoms with Crippen molar-refractivity contribution < 1.29 is 9.53 Å². The molecule has 2 rings (SSSR count). The average Bonchev–Trinajstić information content (AvgIpc) is 2.47. The zero-order valence-corrected chi connectivity index (χ0v) is 11.9. The maximum Gasteiger partial charge on any atom is 0.257 e. The maximum absolute atomic E-state index is 12.2. The topological polar surface area (TPSA) is 88.1 Å². The molecule has 2 aromatic rings. The fourth-order valence-electron chi connectivity index (χ4n) is 1.77. The van der Waals surface area contributed by atoms with E-state index in [9.17, 15) is 4.79 Å². The Kier molecular flexibility index (Phi) is 4.31. The van der Waals surface area contributed by atoms with Crippen molar-refractivity contribution in [1.82, 2.24) is 0 Å². The van der Waals surface area contributed by atoms with Crippen molar-refractivity contribution in [2.75, 3.05) is 18.2 Å². The van der Waals surface area contributed by atoms with Gasteiger partial charge in [0.1, 0.15) is 5.75 Å². The van der Waals surface area contributed by atoms with Crippen LogP contribution in [-0.2, 0) is 0 Å². The summed E-state index contributed by atoms with van der Waals surface area (Å²) in [5.41, 5.74) is 7.27. The molecule has 2 aromatic carbocycles. The van der Waals surface area contributed by atoms with Crippen LogP contribution in [0.2, 0.25) is 5.02 Å². The molecule has 0 saturated carbocycles. The molecule has 106 valence electrons. The summed E-state index contributed by atoms with van der Waals surface area (Å²) in [4.78, 5) is 12.2. The van der Waals surface area contributed by atoms with Gasteiger partial charge in [0, 0.05) is 11.8 Å². The molecule has 0 bridgehead atoms. The van der Waals surface area contributed by atoms with E-state index in [0.717, 1.165) is 0 Å². The number of carbonyl (C=O) groups is 1. The highest BCUT2D eigenvalue weighted by atomic mass is 35.5. The van der Waals surface area contributed by atoms with E-state index >= 15 is 0 Å². The van der Waals surface area contributed by atoms with Gasteiger partial charge in [-0.15, -0.1) is 0 Å². The number of nitriles is 1. The number of carbonyl (C=O) groups excluding carboxylic acids is 1. The SMILES string of the molecule is COc1cc(C#N)ccc1NC(=O)c1ccc(N)cc1Cl. The lowest BCUT2D eigenvalue weighted by molar-refractivity contribution is 0.102. The molecular formula is C15H12ClN3O2. The highest BCUT2D eigenvalue weighted by Gasteiger charge is 2.13. The zero-order chi connectivity index (χ0) is 15.4. The third-order valence-electron chi connectivity index (χ3n) is 2.82. The lowest BCUT2D eigenvalue weighted by Gasteiger charge is -2.11. The number of rotatable bonds is 3. The number of amides is 1. The second-order valence-electron chi connectivity index (χ2n) is 4.22. The summed E-state index contributed by atoms with van der Waals surface area (Å²) in [5.74, 6) is 0.0111. The van der Waals surface area contributed by atoms with Crippen molar-refractivity contribution in [3.8, 4) is 11.8 Å². The Bertz CT molecular complexity index is 738. The van der Waals surface area contributed by atoms with Crippen molar-refractivity contribution >= 4 is 28.9 Å². The Morgan fingerprint density at radius 1 is 1.33 bits per heavy atom. The minimum Gasteiger partial charge on any atom is -0.495 e. The molecule has 0 aliphatic rings. The van der Waals surface area contributed by atoms with Crippen molar-refractivity contribution in [3.63, 3.8) is 0 Å². The van der Waals surface area contributed by atoms with E-state index in [1.807, 2.05) is 6.07 Å². The first kappa shape index (κ1) is 14.7. The smallest absolute Gasteiger partial charge is 0.257 e. The lowest BCUT2D eigenvalue weighted by atomic mass is 10.1. The fraction of sp³-hybridized carbons (Fsp3) is 0.0667. The molecule has 1 amide bonds. The van der Waals surface area contributed by atoms with E-state index in [-0.39, 0.29) is 10.9 Å². The van der Waals surface area contributed by atoms with Gasteiger partial charge in [0.05, 0.1) is 35.0 Å².